The summed E-state index contributed by atoms with van der Waals surface area (Å²) >= 11 is 1.40. The van der Waals surface area contributed by atoms with Crippen LogP contribution >= 0.6 is 11.3 Å². The monoisotopic (exact) mass is 568 g/mol. The summed E-state index contributed by atoms with van der Waals surface area (Å²) in [4.78, 5) is 31.3. The summed E-state index contributed by atoms with van der Waals surface area (Å²) in [6, 6.07) is 1.61. The van der Waals surface area contributed by atoms with Gasteiger partial charge in [0.25, 0.3) is 5.56 Å². The third-order valence-electron chi connectivity index (χ3n) is 5.83. The molecule has 2 aromatic rings. The Labute approximate surface area is 247 Å². The highest BCUT2D eigenvalue weighted by atomic mass is 32.1. The zero-order valence-corrected chi connectivity index (χ0v) is 27.2. The predicted octanol–water partition coefficient (Wildman–Crippen LogP) is 9.84. The van der Waals surface area contributed by atoms with Gasteiger partial charge < -0.3 is 9.72 Å². The van der Waals surface area contributed by atoms with Crippen LogP contribution in [0.25, 0.3) is 16.1 Å². The van der Waals surface area contributed by atoms with Crippen molar-refractivity contribution in [3.63, 3.8) is 0 Å². The molecule has 1 unspecified atom stereocenters. The molecule has 6 heteroatoms. The molecule has 0 radical (unpaired) electrons. The number of carbonyl (C=O) groups is 1. The Bertz CT molecular complexity index is 1170. The van der Waals surface area contributed by atoms with Crippen molar-refractivity contribution < 1.29 is 9.53 Å². The second-order valence-electron chi connectivity index (χ2n) is 9.76. The van der Waals surface area contributed by atoms with E-state index < -0.39 is 0 Å². The van der Waals surface area contributed by atoms with E-state index >= 15 is 0 Å². The van der Waals surface area contributed by atoms with Crippen LogP contribution in [0.15, 0.2) is 64.5 Å². The molecule has 0 amide bonds. The lowest BCUT2D eigenvalue weighted by Crippen LogP contribution is -2.10. The summed E-state index contributed by atoms with van der Waals surface area (Å²) in [6.07, 6.45) is 14.9. The van der Waals surface area contributed by atoms with Crippen LogP contribution < -0.4 is 5.56 Å². The number of hydrogen-bond donors (Lipinski definition) is 1. The van der Waals surface area contributed by atoms with Crippen LogP contribution in [-0.4, -0.2) is 29.0 Å². The van der Waals surface area contributed by atoms with Crippen molar-refractivity contribution in [2.75, 3.05) is 13.2 Å². The molecule has 0 fully saturated rings. The lowest BCUT2D eigenvalue weighted by Gasteiger charge is -2.11. The van der Waals surface area contributed by atoms with Crippen molar-refractivity contribution in [2.45, 2.75) is 94.4 Å². The first-order chi connectivity index (χ1) is 19.1. The highest BCUT2D eigenvalue weighted by molar-refractivity contribution is 7.13. The second-order valence-corrected chi connectivity index (χ2v) is 10.6. The third-order valence-corrected chi connectivity index (χ3v) is 6.71. The number of aromatic amines is 1. The molecule has 2 heterocycles. The molecule has 0 aliphatic carbocycles. The maximum atomic E-state index is 12.3. The molecule has 0 spiro atoms. The van der Waals surface area contributed by atoms with Crippen LogP contribution in [0.2, 0.25) is 0 Å². The lowest BCUT2D eigenvalue weighted by molar-refractivity contribution is 0.101. The Morgan fingerprint density at radius 1 is 1.18 bits per heavy atom. The Hall–Kier alpha value is -2.83. The molecule has 0 aromatic carbocycles. The number of pyridine rings is 1. The first-order valence-electron chi connectivity index (χ1n) is 14.6. The van der Waals surface area contributed by atoms with Gasteiger partial charge in [0.15, 0.2) is 5.78 Å². The number of H-pyrrole nitrogens is 1. The number of thiazole rings is 1. The van der Waals surface area contributed by atoms with Crippen LogP contribution in [0, 0.1) is 5.92 Å². The molecule has 222 valence electrons. The average Bonchev–Trinajstić information content (AvgIpc) is 3.41. The minimum Gasteiger partial charge on any atom is -0.381 e. The van der Waals surface area contributed by atoms with Crippen molar-refractivity contribution in [1.29, 1.82) is 0 Å². The van der Waals surface area contributed by atoms with E-state index in [4.69, 9.17) is 9.72 Å². The van der Waals surface area contributed by atoms with E-state index in [9.17, 15) is 9.59 Å². The van der Waals surface area contributed by atoms with Gasteiger partial charge in [0.2, 0.25) is 0 Å². The minimum absolute atomic E-state index is 0.0987. The summed E-state index contributed by atoms with van der Waals surface area (Å²) in [5.41, 5.74) is 4.85. The van der Waals surface area contributed by atoms with Crippen molar-refractivity contribution in [3.05, 3.63) is 81.3 Å². The van der Waals surface area contributed by atoms with Crippen LogP contribution in [-0.2, 0) is 4.74 Å². The van der Waals surface area contributed by atoms with E-state index in [1.54, 1.807) is 12.1 Å². The number of nitrogens with one attached hydrogen (secondary N) is 1. The fraction of sp³-hybridized carbons (Fsp3) is 0.500. The number of carbonyl (C=O) groups excluding carboxylic acids is 1. The summed E-state index contributed by atoms with van der Waals surface area (Å²) < 4.78 is 5.34. The molecular formula is C34H52N2O3S. The zero-order valence-electron chi connectivity index (χ0n) is 26.4. The highest BCUT2D eigenvalue weighted by Gasteiger charge is 2.15. The van der Waals surface area contributed by atoms with E-state index in [-0.39, 0.29) is 11.3 Å². The van der Waals surface area contributed by atoms with E-state index in [2.05, 4.69) is 66.1 Å². The number of rotatable bonds is 13. The summed E-state index contributed by atoms with van der Waals surface area (Å²) in [6.45, 7) is 24.2. The molecule has 5 nitrogen and oxygen atoms in total. The van der Waals surface area contributed by atoms with Gasteiger partial charge in [0, 0.05) is 35.9 Å². The highest BCUT2D eigenvalue weighted by Crippen LogP contribution is 2.32. The topological polar surface area (TPSA) is 72.0 Å². The number of hydrogen-bond acceptors (Lipinski definition) is 5. The molecule has 0 aliphatic heterocycles. The normalized spacial score (nSPS) is 12.6. The van der Waals surface area contributed by atoms with Gasteiger partial charge in [-0.05, 0) is 51.2 Å². The maximum Gasteiger partial charge on any atom is 0.258 e. The van der Waals surface area contributed by atoms with Crippen molar-refractivity contribution >= 4 is 22.7 Å². The van der Waals surface area contributed by atoms with Gasteiger partial charge in [-0.15, -0.1) is 11.3 Å². The van der Waals surface area contributed by atoms with Gasteiger partial charge in [-0.25, -0.2) is 4.98 Å². The predicted molar refractivity (Wildman–Crippen MR) is 175 cm³/mol. The van der Waals surface area contributed by atoms with Crippen LogP contribution in [0.1, 0.15) is 110 Å². The Morgan fingerprint density at radius 3 is 2.38 bits per heavy atom. The van der Waals surface area contributed by atoms with Crippen molar-refractivity contribution in [2.24, 2.45) is 5.92 Å². The molecule has 2 aromatic heterocycles. The number of Topliss-reactive ketones (excluding diaryl/α,β-unsaturated/α-hetero) is 1. The number of nitrogens with zero attached hydrogens (tertiary/aromatic N) is 1. The van der Waals surface area contributed by atoms with E-state index in [1.807, 2.05) is 24.5 Å². The van der Waals surface area contributed by atoms with Crippen LogP contribution in [0.3, 0.4) is 0 Å². The molecule has 2 rings (SSSR count). The standard InChI is InChI=1S/C23H26N2O2S.C8H18O.C3H8/c1-6-9-11-19(15(4)10-7-2)18(8-3)21-14-28-23(25-21)20-12-17(16(5)26)13-24-22(20)27;1-4-6-9-7-8(3)5-2;1-3-2/h6,8-9,11-14H,1,7,10H2,2-5H3,(H,24,27);8H,4-7H2,1-3H3;3H2,1-2H3/b11-9-,18-8+,19-15-;;. The van der Waals surface area contributed by atoms with Crippen molar-refractivity contribution in [1.82, 2.24) is 9.97 Å². The quantitative estimate of drug-likeness (QED) is 0.148. The summed E-state index contributed by atoms with van der Waals surface area (Å²) in [7, 11) is 0. The van der Waals surface area contributed by atoms with E-state index in [0.29, 0.717) is 16.1 Å². The fourth-order valence-electron chi connectivity index (χ4n) is 3.49. The molecular weight excluding hydrogens is 516 g/mol. The number of aromatic nitrogens is 2. The molecule has 0 bridgehead atoms. The van der Waals surface area contributed by atoms with Gasteiger partial charge in [-0.1, -0.05) is 97.3 Å². The van der Waals surface area contributed by atoms with E-state index in [0.717, 1.165) is 55.2 Å². The Kier molecular flexibility index (Phi) is 20.4. The van der Waals surface area contributed by atoms with E-state index in [1.165, 1.54) is 42.9 Å². The minimum atomic E-state index is -0.252. The van der Waals surface area contributed by atoms with Gasteiger partial charge in [0.1, 0.15) is 5.01 Å². The Balaban J connectivity index is 0.00000106. The molecule has 0 saturated heterocycles. The fourth-order valence-corrected chi connectivity index (χ4v) is 4.32. The first-order valence-corrected chi connectivity index (χ1v) is 15.5. The van der Waals surface area contributed by atoms with Gasteiger partial charge >= 0.3 is 0 Å². The largest absolute Gasteiger partial charge is 0.381 e. The summed E-state index contributed by atoms with van der Waals surface area (Å²) in [5, 5.41) is 2.55. The molecule has 1 N–H and O–H groups in total. The molecule has 0 saturated carbocycles. The smallest absolute Gasteiger partial charge is 0.258 e. The Morgan fingerprint density at radius 2 is 1.85 bits per heavy atom. The summed E-state index contributed by atoms with van der Waals surface area (Å²) in [5.74, 6) is 0.634. The molecule has 0 aliphatic rings. The number of allylic oxidation sites excluding steroid dienone is 7. The number of ether oxygens (including phenoxy) is 1. The maximum absolute atomic E-state index is 12.3. The van der Waals surface area contributed by atoms with Crippen LogP contribution in [0.4, 0.5) is 0 Å². The van der Waals surface area contributed by atoms with Crippen molar-refractivity contribution in [3.8, 4) is 10.6 Å². The van der Waals surface area contributed by atoms with Gasteiger partial charge in [-0.3, -0.25) is 9.59 Å². The average molecular weight is 569 g/mol. The first kappa shape index (κ1) is 37.2. The van der Waals surface area contributed by atoms with Gasteiger partial charge in [-0.2, -0.15) is 0 Å². The second kappa shape index (κ2) is 21.9. The SMILES string of the molecule is C=C\C=C/C(=C(\C)CCC)C(=C\C)/c1csc(-c2cc(C(C)=O)c[nH]c2=O)n1.CCC.CCCOCC(C)CC. The van der Waals surface area contributed by atoms with Gasteiger partial charge in [0.05, 0.1) is 11.3 Å². The number of ketones is 1. The zero-order chi connectivity index (χ0) is 30.5. The third kappa shape index (κ3) is 13.5. The molecule has 40 heavy (non-hydrogen) atoms. The molecule has 1 atom stereocenters. The lowest BCUT2D eigenvalue weighted by atomic mass is 9.95. The van der Waals surface area contributed by atoms with Crippen LogP contribution in [0.5, 0.6) is 0 Å².